The molecule has 1 aliphatic carbocycles. The predicted octanol–water partition coefficient (Wildman–Crippen LogP) is 4.15. The van der Waals surface area contributed by atoms with Gasteiger partial charge in [-0.05, 0) is 43.9 Å². The molecule has 0 spiro atoms. The molecule has 2 aromatic rings. The first-order valence-electron chi connectivity index (χ1n) is 8.70. The van der Waals surface area contributed by atoms with Crippen molar-refractivity contribution in [1.82, 2.24) is 4.90 Å². The summed E-state index contributed by atoms with van der Waals surface area (Å²) in [6.07, 6.45) is 1.84. The first-order valence-corrected chi connectivity index (χ1v) is 9.52. The zero-order valence-corrected chi connectivity index (χ0v) is 16.2. The summed E-state index contributed by atoms with van der Waals surface area (Å²) in [6.45, 7) is 3.66. The average molecular weight is 387 g/mol. The molecule has 1 unspecified atom stereocenters. The van der Waals surface area contributed by atoms with Crippen molar-refractivity contribution in [2.75, 3.05) is 12.4 Å². The van der Waals surface area contributed by atoms with Gasteiger partial charge in [-0.25, -0.2) is 0 Å². The molecule has 1 aromatic carbocycles. The van der Waals surface area contributed by atoms with E-state index in [0.29, 0.717) is 15.4 Å². The number of non-ortho nitro benzene ring substituents is 1. The van der Waals surface area contributed by atoms with E-state index in [9.17, 15) is 19.7 Å². The third-order valence-corrected chi connectivity index (χ3v) is 5.91. The number of rotatable bonds is 6. The molecule has 27 heavy (non-hydrogen) atoms. The maximum atomic E-state index is 12.9. The Labute approximate surface area is 161 Å². The van der Waals surface area contributed by atoms with Crippen molar-refractivity contribution < 1.29 is 14.5 Å². The minimum absolute atomic E-state index is 0.00224. The number of carbonyl (C=O) groups is 2. The van der Waals surface area contributed by atoms with Gasteiger partial charge in [-0.15, -0.1) is 11.3 Å². The van der Waals surface area contributed by atoms with Gasteiger partial charge in [0.15, 0.2) is 0 Å². The van der Waals surface area contributed by atoms with Gasteiger partial charge in [0, 0.05) is 25.1 Å². The van der Waals surface area contributed by atoms with Crippen LogP contribution in [-0.2, 0) is 4.79 Å². The maximum Gasteiger partial charge on any atom is 0.269 e. The summed E-state index contributed by atoms with van der Waals surface area (Å²) in [5, 5.41) is 14.5. The predicted molar refractivity (Wildman–Crippen MR) is 104 cm³/mol. The standard InChI is InChI=1S/C19H21N3O4S/c1-11-9-16(20-18(23)13-7-8-13)27-17(11)19(24)21(3)12(2)14-5-4-6-15(10-14)22(25)26/h4-6,9-10,12-13H,7-8H2,1-3H3,(H,20,23). The summed E-state index contributed by atoms with van der Waals surface area (Å²) in [4.78, 5) is 37.5. The third kappa shape index (κ3) is 4.16. The van der Waals surface area contributed by atoms with E-state index in [4.69, 9.17) is 0 Å². The van der Waals surface area contributed by atoms with Crippen LogP contribution in [-0.4, -0.2) is 28.7 Å². The van der Waals surface area contributed by atoms with E-state index in [1.807, 2.05) is 19.9 Å². The van der Waals surface area contributed by atoms with Crippen molar-refractivity contribution in [3.05, 3.63) is 56.5 Å². The Kier molecular flexibility index (Phi) is 5.27. The fraction of sp³-hybridized carbons (Fsp3) is 0.368. The highest BCUT2D eigenvalue weighted by Gasteiger charge is 2.30. The van der Waals surface area contributed by atoms with Crippen LogP contribution in [0.2, 0.25) is 0 Å². The van der Waals surface area contributed by atoms with Crippen molar-refractivity contribution in [2.24, 2.45) is 5.92 Å². The zero-order valence-electron chi connectivity index (χ0n) is 15.4. The zero-order chi connectivity index (χ0) is 19.7. The van der Waals surface area contributed by atoms with E-state index in [2.05, 4.69) is 5.32 Å². The van der Waals surface area contributed by atoms with E-state index < -0.39 is 4.92 Å². The summed E-state index contributed by atoms with van der Waals surface area (Å²) >= 11 is 1.26. The van der Waals surface area contributed by atoms with Crippen molar-refractivity contribution in [2.45, 2.75) is 32.7 Å². The number of nitro groups is 1. The van der Waals surface area contributed by atoms with Gasteiger partial charge in [0.1, 0.15) is 0 Å². The molecular weight excluding hydrogens is 366 g/mol. The minimum atomic E-state index is -0.448. The molecule has 3 rings (SSSR count). The molecule has 0 saturated heterocycles. The maximum absolute atomic E-state index is 12.9. The van der Waals surface area contributed by atoms with Crippen LogP contribution in [0, 0.1) is 23.0 Å². The molecule has 1 atom stereocenters. The van der Waals surface area contributed by atoms with Gasteiger partial charge in [-0.3, -0.25) is 19.7 Å². The summed E-state index contributed by atoms with van der Waals surface area (Å²) in [6, 6.07) is 7.77. The molecule has 0 aliphatic heterocycles. The second-order valence-corrected chi connectivity index (χ2v) is 7.88. The quantitative estimate of drug-likeness (QED) is 0.595. The second kappa shape index (κ2) is 7.48. The van der Waals surface area contributed by atoms with Crippen LogP contribution in [0.15, 0.2) is 30.3 Å². The number of benzene rings is 1. The molecule has 7 nitrogen and oxygen atoms in total. The van der Waals surface area contributed by atoms with E-state index in [0.717, 1.165) is 18.4 Å². The minimum Gasteiger partial charge on any atom is -0.334 e. The Hall–Kier alpha value is -2.74. The van der Waals surface area contributed by atoms with Gasteiger partial charge < -0.3 is 10.2 Å². The first kappa shape index (κ1) is 19.0. The largest absolute Gasteiger partial charge is 0.334 e. The molecule has 8 heteroatoms. The number of amides is 2. The Balaban J connectivity index is 1.76. The molecule has 142 valence electrons. The molecule has 1 N–H and O–H groups in total. The number of hydrogen-bond donors (Lipinski definition) is 1. The number of nitrogens with one attached hydrogen (secondary N) is 1. The fourth-order valence-electron chi connectivity index (χ4n) is 2.78. The first-order chi connectivity index (χ1) is 12.8. The fourth-order valence-corrected chi connectivity index (χ4v) is 3.84. The number of anilines is 1. The van der Waals surface area contributed by atoms with Crippen molar-refractivity contribution in [3.63, 3.8) is 0 Å². The molecular formula is C19H21N3O4S. The summed E-state index contributed by atoms with van der Waals surface area (Å²) < 4.78 is 0. The monoisotopic (exact) mass is 387 g/mol. The van der Waals surface area contributed by atoms with Gasteiger partial charge in [-0.1, -0.05) is 12.1 Å². The Morgan fingerprint density at radius 3 is 2.67 bits per heavy atom. The molecule has 1 saturated carbocycles. The van der Waals surface area contributed by atoms with Gasteiger partial charge in [0.2, 0.25) is 5.91 Å². The molecule has 1 aromatic heterocycles. The lowest BCUT2D eigenvalue weighted by molar-refractivity contribution is -0.384. The van der Waals surface area contributed by atoms with Crippen LogP contribution < -0.4 is 5.32 Å². The Morgan fingerprint density at radius 2 is 2.04 bits per heavy atom. The Bertz CT molecular complexity index is 904. The summed E-state index contributed by atoms with van der Waals surface area (Å²) in [5.41, 5.74) is 1.49. The van der Waals surface area contributed by atoms with Crippen molar-refractivity contribution >= 4 is 33.8 Å². The smallest absolute Gasteiger partial charge is 0.269 e. The molecule has 1 heterocycles. The molecule has 1 fully saturated rings. The number of carbonyl (C=O) groups excluding carboxylic acids is 2. The lowest BCUT2D eigenvalue weighted by Gasteiger charge is -2.25. The van der Waals surface area contributed by atoms with Crippen LogP contribution in [0.5, 0.6) is 0 Å². The SMILES string of the molecule is Cc1cc(NC(=O)C2CC2)sc1C(=O)N(C)C(C)c1cccc([N+](=O)[O-])c1. The van der Waals surface area contributed by atoms with Crippen LogP contribution in [0.3, 0.4) is 0 Å². The average Bonchev–Trinajstić information content (AvgIpc) is 3.44. The number of thiophene rings is 1. The highest BCUT2D eigenvalue weighted by atomic mass is 32.1. The van der Waals surface area contributed by atoms with Crippen molar-refractivity contribution in [1.29, 1.82) is 0 Å². The number of aryl methyl sites for hydroxylation is 1. The third-order valence-electron chi connectivity index (χ3n) is 4.77. The van der Waals surface area contributed by atoms with Crippen LogP contribution in [0.4, 0.5) is 10.7 Å². The van der Waals surface area contributed by atoms with E-state index >= 15 is 0 Å². The van der Waals surface area contributed by atoms with E-state index in [-0.39, 0.29) is 29.5 Å². The highest BCUT2D eigenvalue weighted by Crippen LogP contribution is 2.34. The summed E-state index contributed by atoms with van der Waals surface area (Å²) in [5.74, 6) is -0.0693. The molecule has 1 aliphatic rings. The van der Waals surface area contributed by atoms with Crippen molar-refractivity contribution in [3.8, 4) is 0 Å². The van der Waals surface area contributed by atoms with Gasteiger partial charge in [0.05, 0.1) is 20.8 Å². The molecule has 2 amide bonds. The lowest BCUT2D eigenvalue weighted by Crippen LogP contribution is -2.29. The molecule has 0 bridgehead atoms. The second-order valence-electron chi connectivity index (χ2n) is 6.83. The lowest BCUT2D eigenvalue weighted by atomic mass is 10.1. The van der Waals surface area contributed by atoms with Gasteiger partial charge >= 0.3 is 0 Å². The summed E-state index contributed by atoms with van der Waals surface area (Å²) in [7, 11) is 1.67. The van der Waals surface area contributed by atoms with Gasteiger partial charge in [0.25, 0.3) is 11.6 Å². The molecule has 0 radical (unpaired) electrons. The topological polar surface area (TPSA) is 92.6 Å². The number of nitro benzene ring substituents is 1. The van der Waals surface area contributed by atoms with E-state index in [1.54, 1.807) is 24.1 Å². The number of hydrogen-bond acceptors (Lipinski definition) is 5. The highest BCUT2D eigenvalue weighted by molar-refractivity contribution is 7.18. The van der Waals surface area contributed by atoms with Crippen LogP contribution in [0.1, 0.15) is 46.6 Å². The normalized spacial score (nSPS) is 14.5. The Morgan fingerprint density at radius 1 is 1.33 bits per heavy atom. The van der Waals surface area contributed by atoms with Crippen LogP contribution in [0.25, 0.3) is 0 Å². The number of nitrogens with zero attached hydrogens (tertiary/aromatic N) is 2. The van der Waals surface area contributed by atoms with Crippen LogP contribution >= 0.6 is 11.3 Å². The van der Waals surface area contributed by atoms with Gasteiger partial charge in [-0.2, -0.15) is 0 Å². The van der Waals surface area contributed by atoms with E-state index in [1.165, 1.54) is 23.5 Å².